The van der Waals surface area contributed by atoms with Crippen LogP contribution < -0.4 is 16.2 Å². The average molecular weight is 479 g/mol. The van der Waals surface area contributed by atoms with Crippen LogP contribution in [-0.2, 0) is 16.9 Å². The summed E-state index contributed by atoms with van der Waals surface area (Å²) in [5.74, 6) is -4.23. The van der Waals surface area contributed by atoms with Gasteiger partial charge in [-0.3, -0.25) is 28.9 Å². The molecule has 33 heavy (non-hydrogen) atoms. The first kappa shape index (κ1) is 22.3. The summed E-state index contributed by atoms with van der Waals surface area (Å²) in [5.41, 5.74) is -5.83. The maximum atomic E-state index is 14.4. The lowest BCUT2D eigenvalue weighted by Crippen LogP contribution is -2.61. The van der Waals surface area contributed by atoms with Crippen molar-refractivity contribution in [3.8, 4) is 0 Å². The SMILES string of the molecule is O=C(N[C@@]1(C(F)(F)F)C(=O)Nc2c1c(=O)[nH]c(=S)n2Cc1ccncc1)c1ccc(F)cc1. The number of benzene rings is 1. The van der Waals surface area contributed by atoms with E-state index >= 15 is 0 Å². The van der Waals surface area contributed by atoms with Crippen molar-refractivity contribution in [2.45, 2.75) is 18.3 Å². The lowest BCUT2D eigenvalue weighted by Gasteiger charge is -2.30. The van der Waals surface area contributed by atoms with Gasteiger partial charge < -0.3 is 10.6 Å². The Balaban J connectivity index is 1.89. The minimum atomic E-state index is -5.41. The van der Waals surface area contributed by atoms with E-state index in [1.54, 1.807) is 17.4 Å². The standard InChI is InChI=1S/C20H13F4N5O3S/c21-12-3-1-11(2-4-12)15(30)28-19(20(22,23)24)13-14(26-17(19)32)29(18(33)27-16(13)31)9-10-5-7-25-8-6-10/h1-8H,9H2,(H,26,32)(H,28,30)(H,27,31,33)/t19-/m1/s1. The molecule has 2 aromatic heterocycles. The predicted octanol–water partition coefficient (Wildman–Crippen LogP) is 2.63. The quantitative estimate of drug-likeness (QED) is 0.394. The summed E-state index contributed by atoms with van der Waals surface area (Å²) in [5, 5.41) is 3.71. The second kappa shape index (κ2) is 7.92. The second-order valence-electron chi connectivity index (χ2n) is 7.09. The number of carbonyl (C=O) groups is 2. The molecule has 1 atom stereocenters. The molecule has 13 heteroatoms. The third-order valence-electron chi connectivity index (χ3n) is 5.07. The number of nitrogens with zero attached hydrogens (tertiary/aromatic N) is 2. The monoisotopic (exact) mass is 479 g/mol. The lowest BCUT2D eigenvalue weighted by molar-refractivity contribution is -0.196. The number of hydrogen-bond acceptors (Lipinski definition) is 5. The van der Waals surface area contributed by atoms with Gasteiger partial charge in [0.1, 0.15) is 17.2 Å². The van der Waals surface area contributed by atoms with Crippen LogP contribution in [0.3, 0.4) is 0 Å². The van der Waals surface area contributed by atoms with E-state index in [2.05, 4.69) is 15.3 Å². The Hall–Kier alpha value is -3.87. The number of pyridine rings is 1. The summed E-state index contributed by atoms with van der Waals surface area (Å²) in [6.45, 7) is -0.0966. The smallest absolute Gasteiger partial charge is 0.326 e. The molecule has 0 fully saturated rings. The number of aromatic amines is 1. The summed E-state index contributed by atoms with van der Waals surface area (Å²) in [6.07, 6.45) is -2.51. The van der Waals surface area contributed by atoms with Crippen molar-refractivity contribution >= 4 is 29.9 Å². The van der Waals surface area contributed by atoms with Gasteiger partial charge in [0, 0.05) is 18.0 Å². The highest BCUT2D eigenvalue weighted by Gasteiger charge is 2.68. The zero-order valence-corrected chi connectivity index (χ0v) is 17.2. The minimum absolute atomic E-state index is 0.0966. The third kappa shape index (κ3) is 3.69. The lowest BCUT2D eigenvalue weighted by atomic mass is 9.91. The molecule has 0 saturated heterocycles. The Morgan fingerprint density at radius 2 is 1.76 bits per heavy atom. The first-order valence-corrected chi connectivity index (χ1v) is 9.68. The number of alkyl halides is 3. The molecule has 1 aliphatic heterocycles. The second-order valence-corrected chi connectivity index (χ2v) is 7.47. The number of nitrogens with one attached hydrogen (secondary N) is 3. The molecule has 170 valence electrons. The van der Waals surface area contributed by atoms with Crippen LogP contribution in [0, 0.1) is 10.6 Å². The van der Waals surface area contributed by atoms with E-state index in [1.165, 1.54) is 12.4 Å². The molecule has 3 N–H and O–H groups in total. The van der Waals surface area contributed by atoms with Gasteiger partial charge in [-0.15, -0.1) is 0 Å². The molecule has 2 amide bonds. The molecule has 4 rings (SSSR count). The molecule has 0 saturated carbocycles. The van der Waals surface area contributed by atoms with E-state index in [9.17, 15) is 31.9 Å². The van der Waals surface area contributed by atoms with Crippen LogP contribution in [0.15, 0.2) is 53.6 Å². The van der Waals surface area contributed by atoms with Crippen molar-refractivity contribution in [1.29, 1.82) is 0 Å². The number of halogens is 4. The van der Waals surface area contributed by atoms with Crippen molar-refractivity contribution in [3.05, 3.63) is 86.4 Å². The van der Waals surface area contributed by atoms with Crippen LogP contribution in [0.1, 0.15) is 21.5 Å². The summed E-state index contributed by atoms with van der Waals surface area (Å²) in [6, 6.07) is 6.78. The Morgan fingerprint density at radius 1 is 1.12 bits per heavy atom. The molecule has 0 bridgehead atoms. The first-order chi connectivity index (χ1) is 15.5. The van der Waals surface area contributed by atoms with Crippen LogP contribution >= 0.6 is 12.2 Å². The Labute approximate surface area is 187 Å². The zero-order chi connectivity index (χ0) is 24.0. The molecule has 0 unspecified atom stereocenters. The fourth-order valence-corrected chi connectivity index (χ4v) is 3.74. The number of anilines is 1. The molecule has 0 aliphatic carbocycles. The van der Waals surface area contributed by atoms with E-state index in [0.29, 0.717) is 5.56 Å². The molecule has 1 aliphatic rings. The Kier molecular flexibility index (Phi) is 5.36. The van der Waals surface area contributed by atoms with E-state index < -0.39 is 46.3 Å². The highest BCUT2D eigenvalue weighted by atomic mass is 32.1. The third-order valence-corrected chi connectivity index (χ3v) is 5.39. The van der Waals surface area contributed by atoms with Crippen LogP contribution in [0.4, 0.5) is 23.4 Å². The molecule has 8 nitrogen and oxygen atoms in total. The van der Waals surface area contributed by atoms with Crippen molar-refractivity contribution in [2.75, 3.05) is 5.32 Å². The molecule has 0 radical (unpaired) electrons. The summed E-state index contributed by atoms with van der Waals surface area (Å²) in [7, 11) is 0. The van der Waals surface area contributed by atoms with E-state index in [-0.39, 0.29) is 16.9 Å². The van der Waals surface area contributed by atoms with Gasteiger partial charge >= 0.3 is 6.18 Å². The molecule has 0 spiro atoms. The fourth-order valence-electron chi connectivity index (χ4n) is 3.49. The first-order valence-electron chi connectivity index (χ1n) is 9.27. The van der Waals surface area contributed by atoms with Gasteiger partial charge in [0.2, 0.25) is 0 Å². The van der Waals surface area contributed by atoms with Crippen LogP contribution in [-0.4, -0.2) is 32.5 Å². The predicted molar refractivity (Wildman–Crippen MR) is 109 cm³/mol. The van der Waals surface area contributed by atoms with Gasteiger partial charge in [0.05, 0.1) is 6.54 Å². The van der Waals surface area contributed by atoms with Gasteiger partial charge in [-0.1, -0.05) is 0 Å². The van der Waals surface area contributed by atoms with Crippen molar-refractivity contribution in [2.24, 2.45) is 0 Å². The largest absolute Gasteiger partial charge is 0.425 e. The Morgan fingerprint density at radius 3 is 2.36 bits per heavy atom. The molecular formula is C20H13F4N5O3S. The number of aromatic nitrogens is 3. The number of H-pyrrole nitrogens is 1. The number of rotatable bonds is 4. The number of carbonyl (C=O) groups excluding carboxylic acids is 2. The van der Waals surface area contributed by atoms with Crippen molar-refractivity contribution in [1.82, 2.24) is 19.9 Å². The normalized spacial score (nSPS) is 17.4. The summed E-state index contributed by atoms with van der Waals surface area (Å²) >= 11 is 5.10. The number of hydrogen-bond donors (Lipinski definition) is 3. The van der Waals surface area contributed by atoms with E-state index in [1.807, 2.05) is 0 Å². The zero-order valence-electron chi connectivity index (χ0n) is 16.4. The number of amides is 2. The fraction of sp³-hybridized carbons (Fsp3) is 0.150. The van der Waals surface area contributed by atoms with Crippen molar-refractivity contribution in [3.63, 3.8) is 0 Å². The Bertz CT molecular complexity index is 1370. The topological polar surface area (TPSA) is 109 Å². The van der Waals surface area contributed by atoms with Gasteiger partial charge in [0.15, 0.2) is 4.77 Å². The molecule has 3 aromatic rings. The molecule has 3 heterocycles. The van der Waals surface area contributed by atoms with Gasteiger partial charge in [-0.25, -0.2) is 4.39 Å². The average Bonchev–Trinajstić information content (AvgIpc) is 3.05. The van der Waals surface area contributed by atoms with Gasteiger partial charge in [-0.2, -0.15) is 13.2 Å². The molecule has 1 aromatic carbocycles. The van der Waals surface area contributed by atoms with E-state index in [0.717, 1.165) is 28.8 Å². The van der Waals surface area contributed by atoms with Crippen LogP contribution in [0.5, 0.6) is 0 Å². The molecular weight excluding hydrogens is 466 g/mol. The minimum Gasteiger partial charge on any atom is -0.326 e. The highest BCUT2D eigenvalue weighted by Crippen LogP contribution is 2.45. The highest BCUT2D eigenvalue weighted by molar-refractivity contribution is 7.71. The van der Waals surface area contributed by atoms with Gasteiger partial charge in [-0.05, 0) is 54.2 Å². The van der Waals surface area contributed by atoms with Crippen LogP contribution in [0.25, 0.3) is 0 Å². The summed E-state index contributed by atoms with van der Waals surface area (Å²) < 4.78 is 57.2. The van der Waals surface area contributed by atoms with Gasteiger partial charge in [0.25, 0.3) is 22.9 Å². The maximum Gasteiger partial charge on any atom is 0.425 e. The maximum absolute atomic E-state index is 14.4. The van der Waals surface area contributed by atoms with E-state index in [4.69, 9.17) is 12.2 Å². The van der Waals surface area contributed by atoms with Crippen molar-refractivity contribution < 1.29 is 27.2 Å². The summed E-state index contributed by atoms with van der Waals surface area (Å²) in [4.78, 5) is 44.0. The number of fused-ring (bicyclic) bond motifs is 1. The van der Waals surface area contributed by atoms with Crippen LogP contribution in [0.2, 0.25) is 0 Å².